The van der Waals surface area contributed by atoms with E-state index >= 15 is 0 Å². The van der Waals surface area contributed by atoms with E-state index in [9.17, 15) is 4.79 Å². The fourth-order valence-electron chi connectivity index (χ4n) is 1.59. The molecule has 2 nitrogen and oxygen atoms in total. The third-order valence-corrected chi connectivity index (χ3v) is 3.34. The summed E-state index contributed by atoms with van der Waals surface area (Å²) in [7, 11) is 0. The fraction of sp³-hybridized carbons (Fsp3) is 0.250. The Kier molecular flexibility index (Phi) is 3.41. The number of para-hydroxylation sites is 1. The van der Waals surface area contributed by atoms with Crippen molar-refractivity contribution < 1.29 is 4.79 Å². The molecule has 0 spiro atoms. The number of hydrogen-bond donors (Lipinski definition) is 1. The Bertz CT molecular complexity index is 412. The van der Waals surface area contributed by atoms with Gasteiger partial charge in [-0.25, -0.2) is 0 Å². The summed E-state index contributed by atoms with van der Waals surface area (Å²) in [5, 5.41) is 3.20. The number of hydrogen-bond acceptors (Lipinski definition) is 2. The van der Waals surface area contributed by atoms with Gasteiger partial charge in [-0.05, 0) is 47.6 Å². The smallest absolute Gasteiger partial charge is 0.178 e. The van der Waals surface area contributed by atoms with E-state index in [1.165, 1.54) is 0 Å². The summed E-state index contributed by atoms with van der Waals surface area (Å²) in [6, 6.07) is 7.98. The van der Waals surface area contributed by atoms with E-state index in [4.69, 9.17) is 0 Å². The molecule has 0 fully saturated rings. The summed E-state index contributed by atoms with van der Waals surface area (Å²) in [6.45, 7) is 0. The number of anilines is 1. The Labute approximate surface area is 103 Å². The van der Waals surface area contributed by atoms with Crippen LogP contribution in [0.25, 0.3) is 0 Å². The highest BCUT2D eigenvalue weighted by Gasteiger charge is 2.13. The number of carbonyl (C=O) groups is 1. The van der Waals surface area contributed by atoms with E-state index in [0.717, 1.165) is 27.8 Å². The normalized spacial score (nSPS) is 16.1. The molecule has 1 aliphatic rings. The monoisotopic (exact) mass is 313 g/mol. The van der Waals surface area contributed by atoms with Gasteiger partial charge in [-0.1, -0.05) is 18.2 Å². The third kappa shape index (κ3) is 2.59. The van der Waals surface area contributed by atoms with Gasteiger partial charge in [0, 0.05) is 9.99 Å². The Morgan fingerprint density at radius 1 is 1.27 bits per heavy atom. The highest BCUT2D eigenvalue weighted by atomic mass is 127. The van der Waals surface area contributed by atoms with Crippen LogP contribution in [0, 0.1) is 3.57 Å². The second kappa shape index (κ2) is 4.79. The SMILES string of the molecule is O=C1CCCC=C1Nc1ccccc1I. The van der Waals surface area contributed by atoms with Gasteiger partial charge in [0.1, 0.15) is 0 Å². The van der Waals surface area contributed by atoms with Crippen molar-refractivity contribution in [1.29, 1.82) is 0 Å². The summed E-state index contributed by atoms with van der Waals surface area (Å²) in [4.78, 5) is 11.6. The molecule has 0 saturated carbocycles. The highest BCUT2D eigenvalue weighted by molar-refractivity contribution is 14.1. The molecule has 0 saturated heterocycles. The van der Waals surface area contributed by atoms with Gasteiger partial charge in [0.05, 0.1) is 11.4 Å². The first-order chi connectivity index (χ1) is 7.27. The molecular formula is C12H12INO. The number of benzene rings is 1. The van der Waals surface area contributed by atoms with Crippen molar-refractivity contribution in [3.63, 3.8) is 0 Å². The lowest BCUT2D eigenvalue weighted by atomic mass is 10.0. The molecule has 0 aromatic heterocycles. The minimum atomic E-state index is 0.223. The van der Waals surface area contributed by atoms with Crippen molar-refractivity contribution in [2.24, 2.45) is 0 Å². The van der Waals surface area contributed by atoms with Crippen molar-refractivity contribution in [1.82, 2.24) is 0 Å². The lowest BCUT2D eigenvalue weighted by Crippen LogP contribution is -2.14. The predicted molar refractivity (Wildman–Crippen MR) is 69.7 cm³/mol. The van der Waals surface area contributed by atoms with Gasteiger partial charge in [0.2, 0.25) is 0 Å². The fourth-order valence-corrected chi connectivity index (χ4v) is 2.11. The van der Waals surface area contributed by atoms with Gasteiger partial charge in [-0.15, -0.1) is 0 Å². The molecule has 0 bridgehead atoms. The molecule has 0 heterocycles. The summed E-state index contributed by atoms with van der Waals surface area (Å²) < 4.78 is 1.13. The number of carbonyl (C=O) groups excluding carboxylic acids is 1. The van der Waals surface area contributed by atoms with Crippen LogP contribution in [0.15, 0.2) is 36.0 Å². The molecule has 0 amide bonds. The highest BCUT2D eigenvalue weighted by Crippen LogP contribution is 2.21. The first-order valence-corrected chi connectivity index (χ1v) is 6.10. The van der Waals surface area contributed by atoms with Gasteiger partial charge in [0.25, 0.3) is 0 Å². The zero-order valence-electron chi connectivity index (χ0n) is 8.29. The Balaban J connectivity index is 2.18. The molecule has 1 aromatic carbocycles. The summed E-state index contributed by atoms with van der Waals surface area (Å²) in [6.07, 6.45) is 4.64. The Morgan fingerprint density at radius 3 is 2.80 bits per heavy atom. The van der Waals surface area contributed by atoms with Crippen molar-refractivity contribution in [3.8, 4) is 0 Å². The standard InChI is InChI=1S/C12H12INO/c13-9-5-1-2-6-10(9)14-11-7-3-4-8-12(11)15/h1-2,5-7,14H,3-4,8H2. The van der Waals surface area contributed by atoms with Gasteiger partial charge in [-0.3, -0.25) is 4.79 Å². The molecule has 15 heavy (non-hydrogen) atoms. The molecule has 1 aromatic rings. The largest absolute Gasteiger partial charge is 0.352 e. The van der Waals surface area contributed by atoms with Crippen molar-refractivity contribution in [3.05, 3.63) is 39.6 Å². The van der Waals surface area contributed by atoms with Crippen LogP contribution in [0.4, 0.5) is 5.69 Å². The van der Waals surface area contributed by atoms with E-state index < -0.39 is 0 Å². The van der Waals surface area contributed by atoms with Crippen molar-refractivity contribution in [2.45, 2.75) is 19.3 Å². The zero-order chi connectivity index (χ0) is 10.7. The second-order valence-corrected chi connectivity index (χ2v) is 4.70. The van der Waals surface area contributed by atoms with Crippen LogP contribution in [-0.4, -0.2) is 5.78 Å². The summed E-state index contributed by atoms with van der Waals surface area (Å²) >= 11 is 2.26. The first kappa shape index (κ1) is 10.7. The topological polar surface area (TPSA) is 29.1 Å². The van der Waals surface area contributed by atoms with Crippen molar-refractivity contribution in [2.75, 3.05) is 5.32 Å². The third-order valence-electron chi connectivity index (χ3n) is 2.40. The molecule has 2 rings (SSSR count). The Morgan fingerprint density at radius 2 is 2.07 bits per heavy atom. The van der Waals surface area contributed by atoms with Crippen LogP contribution in [0.2, 0.25) is 0 Å². The molecule has 0 unspecified atom stereocenters. The van der Waals surface area contributed by atoms with Gasteiger partial charge < -0.3 is 5.32 Å². The van der Waals surface area contributed by atoms with Crippen LogP contribution in [0.5, 0.6) is 0 Å². The van der Waals surface area contributed by atoms with Crippen LogP contribution in [0.1, 0.15) is 19.3 Å². The molecule has 78 valence electrons. The van der Waals surface area contributed by atoms with E-state index in [1.807, 2.05) is 30.3 Å². The number of halogens is 1. The average Bonchev–Trinajstić information content (AvgIpc) is 2.24. The zero-order valence-corrected chi connectivity index (χ0v) is 10.5. The van der Waals surface area contributed by atoms with Gasteiger partial charge >= 0.3 is 0 Å². The van der Waals surface area contributed by atoms with Crippen LogP contribution in [-0.2, 0) is 4.79 Å². The number of rotatable bonds is 2. The maximum atomic E-state index is 11.6. The van der Waals surface area contributed by atoms with Crippen molar-refractivity contribution >= 4 is 34.1 Å². The summed E-state index contributed by atoms with van der Waals surface area (Å²) in [5.41, 5.74) is 1.77. The molecule has 0 aliphatic heterocycles. The molecular weight excluding hydrogens is 301 g/mol. The van der Waals surface area contributed by atoms with Gasteiger partial charge in [-0.2, -0.15) is 0 Å². The minimum absolute atomic E-state index is 0.223. The quantitative estimate of drug-likeness (QED) is 0.849. The number of Topliss-reactive ketones (excluding diaryl/α,β-unsaturated/α-hetero) is 1. The van der Waals surface area contributed by atoms with Crippen LogP contribution in [0.3, 0.4) is 0 Å². The summed E-state index contributed by atoms with van der Waals surface area (Å²) in [5.74, 6) is 0.223. The molecule has 0 radical (unpaired) electrons. The maximum absolute atomic E-state index is 11.6. The lowest BCUT2D eigenvalue weighted by molar-refractivity contribution is -0.115. The molecule has 3 heteroatoms. The minimum Gasteiger partial charge on any atom is -0.352 e. The second-order valence-electron chi connectivity index (χ2n) is 3.54. The number of ketones is 1. The molecule has 0 atom stereocenters. The number of allylic oxidation sites excluding steroid dienone is 2. The van der Waals surface area contributed by atoms with Gasteiger partial charge in [0.15, 0.2) is 5.78 Å². The maximum Gasteiger partial charge on any atom is 0.178 e. The van der Waals surface area contributed by atoms with E-state index in [1.54, 1.807) is 0 Å². The molecule has 1 N–H and O–H groups in total. The number of nitrogens with one attached hydrogen (secondary N) is 1. The lowest BCUT2D eigenvalue weighted by Gasteiger charge is -2.14. The van der Waals surface area contributed by atoms with E-state index in [2.05, 4.69) is 27.9 Å². The predicted octanol–water partition coefficient (Wildman–Crippen LogP) is 3.34. The van der Waals surface area contributed by atoms with E-state index in [-0.39, 0.29) is 5.78 Å². The first-order valence-electron chi connectivity index (χ1n) is 5.02. The van der Waals surface area contributed by atoms with Crippen LogP contribution >= 0.6 is 22.6 Å². The molecule has 1 aliphatic carbocycles. The average molecular weight is 313 g/mol. The van der Waals surface area contributed by atoms with Crippen LogP contribution < -0.4 is 5.32 Å². The van der Waals surface area contributed by atoms with E-state index in [0.29, 0.717) is 6.42 Å². The Hall–Kier alpha value is -0.840.